The summed E-state index contributed by atoms with van der Waals surface area (Å²) in [5.74, 6) is 0.709. The van der Waals surface area contributed by atoms with Crippen molar-refractivity contribution in [1.29, 1.82) is 0 Å². The van der Waals surface area contributed by atoms with Gasteiger partial charge in [-0.15, -0.1) is 0 Å². The maximum Gasteiger partial charge on any atom is 0.318 e. The van der Waals surface area contributed by atoms with Gasteiger partial charge in [0.2, 0.25) is 0 Å². The maximum absolute atomic E-state index is 14.1. The van der Waals surface area contributed by atoms with E-state index in [2.05, 4.69) is 15.1 Å². The quantitative estimate of drug-likeness (QED) is 0.522. The molecule has 5 aliphatic rings. The van der Waals surface area contributed by atoms with E-state index in [0.29, 0.717) is 54.0 Å². The van der Waals surface area contributed by atoms with Crippen molar-refractivity contribution >= 4 is 28.2 Å². The number of aromatic nitrogens is 2. The standard InChI is InChI=1S/C30H34N6O3/c37-22-13-19-5-1-2-6-23(19)25(14-22)36-17-24-26(28(36)38)27(34-15-20-7-8-21(16-34)31-20)33-29(32-24)39-18-30-9-3-11-35(30)12-4-10-30/h1-2,5-6,13-14,20-21,31,37H,3-4,7-12,15-18H2. The number of phenolic OH excluding ortho intramolecular Hbond substituents is 1. The molecule has 0 radical (unpaired) electrons. The second-order valence-electron chi connectivity index (χ2n) is 12.0. The van der Waals surface area contributed by atoms with E-state index < -0.39 is 0 Å². The van der Waals surface area contributed by atoms with Crippen LogP contribution in [0.1, 0.15) is 54.6 Å². The van der Waals surface area contributed by atoms with Gasteiger partial charge in [-0.2, -0.15) is 9.97 Å². The normalized spacial score (nSPS) is 25.5. The highest BCUT2D eigenvalue weighted by Gasteiger charge is 2.45. The van der Waals surface area contributed by atoms with Gasteiger partial charge < -0.3 is 25.0 Å². The Hall–Kier alpha value is -3.43. The van der Waals surface area contributed by atoms with Gasteiger partial charge in [0.05, 0.1) is 23.5 Å². The third-order valence-corrected chi connectivity index (χ3v) is 9.62. The molecule has 5 aliphatic heterocycles. The Morgan fingerprint density at radius 3 is 2.62 bits per heavy atom. The van der Waals surface area contributed by atoms with Crippen LogP contribution in [0.15, 0.2) is 36.4 Å². The third kappa shape index (κ3) is 3.77. The molecule has 202 valence electrons. The molecule has 2 aromatic carbocycles. The first kappa shape index (κ1) is 23.5. The number of rotatable bonds is 5. The number of phenols is 1. The summed E-state index contributed by atoms with van der Waals surface area (Å²) in [7, 11) is 0. The Morgan fingerprint density at radius 1 is 1.05 bits per heavy atom. The van der Waals surface area contributed by atoms with Gasteiger partial charge in [0.25, 0.3) is 5.91 Å². The van der Waals surface area contributed by atoms with Crippen molar-refractivity contribution in [3.05, 3.63) is 47.7 Å². The van der Waals surface area contributed by atoms with Crippen molar-refractivity contribution in [2.45, 2.75) is 62.7 Å². The van der Waals surface area contributed by atoms with Crippen LogP contribution < -0.4 is 19.9 Å². The van der Waals surface area contributed by atoms with Gasteiger partial charge in [0.15, 0.2) is 0 Å². The van der Waals surface area contributed by atoms with Crippen LogP contribution in [-0.2, 0) is 6.54 Å². The summed E-state index contributed by atoms with van der Waals surface area (Å²) in [6.07, 6.45) is 7.03. The summed E-state index contributed by atoms with van der Waals surface area (Å²) >= 11 is 0. The lowest BCUT2D eigenvalue weighted by molar-refractivity contribution is 0.0996. The first-order valence-corrected chi connectivity index (χ1v) is 14.4. The Morgan fingerprint density at radius 2 is 1.82 bits per heavy atom. The van der Waals surface area contributed by atoms with Crippen LogP contribution in [0, 0.1) is 0 Å². The highest BCUT2D eigenvalue weighted by molar-refractivity contribution is 6.16. The fourth-order valence-electron chi connectivity index (χ4n) is 7.78. The molecule has 3 aromatic rings. The average Bonchev–Trinajstić information content (AvgIpc) is 3.69. The lowest BCUT2D eigenvalue weighted by Crippen LogP contribution is -2.51. The zero-order valence-electron chi connectivity index (χ0n) is 22.1. The van der Waals surface area contributed by atoms with Crippen molar-refractivity contribution in [2.75, 3.05) is 42.6 Å². The molecular formula is C30H34N6O3. The number of hydrogen-bond donors (Lipinski definition) is 2. The van der Waals surface area contributed by atoms with Gasteiger partial charge in [-0.05, 0) is 63.1 Å². The van der Waals surface area contributed by atoms with E-state index in [-0.39, 0.29) is 17.2 Å². The van der Waals surface area contributed by atoms with Gasteiger partial charge in [-0.1, -0.05) is 24.3 Å². The number of benzene rings is 2. The second-order valence-corrected chi connectivity index (χ2v) is 12.0. The molecule has 9 heteroatoms. The molecule has 8 rings (SSSR count). The molecule has 39 heavy (non-hydrogen) atoms. The SMILES string of the molecule is O=C1c2c(nc(OCC34CCCN3CCC4)nc2N2CC3CCC(C2)N3)CN1c1cc(O)cc2ccccc12. The minimum absolute atomic E-state index is 0.0963. The maximum atomic E-state index is 14.1. The number of carbonyl (C=O) groups is 1. The van der Waals surface area contributed by atoms with Crippen molar-refractivity contribution in [3.8, 4) is 11.8 Å². The van der Waals surface area contributed by atoms with Crippen molar-refractivity contribution in [1.82, 2.24) is 20.2 Å². The van der Waals surface area contributed by atoms with Crippen LogP contribution >= 0.6 is 0 Å². The molecule has 1 aromatic heterocycles. The van der Waals surface area contributed by atoms with Gasteiger partial charge in [-0.3, -0.25) is 9.69 Å². The first-order chi connectivity index (χ1) is 19.1. The van der Waals surface area contributed by atoms with Gasteiger partial charge in [0, 0.05) is 36.6 Å². The minimum Gasteiger partial charge on any atom is -0.508 e. The van der Waals surface area contributed by atoms with Crippen molar-refractivity contribution in [2.24, 2.45) is 0 Å². The number of hydrogen-bond acceptors (Lipinski definition) is 8. The molecule has 0 aliphatic carbocycles. The van der Waals surface area contributed by atoms with E-state index >= 15 is 0 Å². The van der Waals surface area contributed by atoms with E-state index in [1.54, 1.807) is 17.0 Å². The summed E-state index contributed by atoms with van der Waals surface area (Å²) in [5, 5.41) is 16.0. The first-order valence-electron chi connectivity index (χ1n) is 14.4. The Balaban J connectivity index is 1.18. The molecule has 9 nitrogen and oxygen atoms in total. The molecule has 2 N–H and O–H groups in total. The van der Waals surface area contributed by atoms with Gasteiger partial charge in [0.1, 0.15) is 23.7 Å². The molecule has 2 bridgehead atoms. The number of fused-ring (bicyclic) bond motifs is 5. The van der Waals surface area contributed by atoms with E-state index in [1.165, 1.54) is 12.8 Å². The molecular weight excluding hydrogens is 492 g/mol. The van der Waals surface area contributed by atoms with Crippen LogP contribution in [0.4, 0.5) is 11.5 Å². The Kier molecular flexibility index (Phi) is 5.29. The molecule has 2 atom stereocenters. The third-order valence-electron chi connectivity index (χ3n) is 9.62. The number of nitrogens with zero attached hydrogens (tertiary/aromatic N) is 5. The molecule has 1 amide bonds. The second kappa shape index (κ2) is 8.79. The number of anilines is 2. The Bertz CT molecular complexity index is 1450. The lowest BCUT2D eigenvalue weighted by atomic mass is 9.95. The number of aromatic hydroxyl groups is 1. The highest BCUT2D eigenvalue weighted by Crippen LogP contribution is 2.41. The summed E-state index contributed by atoms with van der Waals surface area (Å²) in [6.45, 7) is 4.84. The minimum atomic E-state index is -0.121. The van der Waals surface area contributed by atoms with Crippen molar-refractivity contribution < 1.29 is 14.6 Å². The van der Waals surface area contributed by atoms with Gasteiger partial charge >= 0.3 is 6.01 Å². The van der Waals surface area contributed by atoms with Crippen LogP contribution in [0.5, 0.6) is 11.8 Å². The fraction of sp³-hybridized carbons (Fsp3) is 0.500. The predicted molar refractivity (Wildman–Crippen MR) is 149 cm³/mol. The summed E-state index contributed by atoms with van der Waals surface area (Å²) in [4.78, 5) is 30.5. The van der Waals surface area contributed by atoms with Crippen LogP contribution in [-0.4, -0.2) is 76.3 Å². The van der Waals surface area contributed by atoms with E-state index in [4.69, 9.17) is 14.7 Å². The summed E-state index contributed by atoms with van der Waals surface area (Å²) < 4.78 is 6.41. The topological polar surface area (TPSA) is 94.1 Å². The zero-order chi connectivity index (χ0) is 26.1. The number of piperazine rings is 1. The van der Waals surface area contributed by atoms with Crippen LogP contribution in [0.2, 0.25) is 0 Å². The molecule has 0 spiro atoms. The van der Waals surface area contributed by atoms with Crippen molar-refractivity contribution in [3.63, 3.8) is 0 Å². The van der Waals surface area contributed by atoms with E-state index in [9.17, 15) is 9.90 Å². The summed E-state index contributed by atoms with van der Waals surface area (Å²) in [5.41, 5.74) is 2.05. The lowest BCUT2D eigenvalue weighted by Gasteiger charge is -2.35. The Labute approximate surface area is 227 Å². The largest absolute Gasteiger partial charge is 0.508 e. The predicted octanol–water partition coefficient (Wildman–Crippen LogP) is 3.44. The molecule has 4 fully saturated rings. The average molecular weight is 527 g/mol. The van der Waals surface area contributed by atoms with E-state index in [1.807, 2.05) is 24.3 Å². The fourth-order valence-corrected chi connectivity index (χ4v) is 7.78. The van der Waals surface area contributed by atoms with E-state index in [0.717, 1.165) is 62.6 Å². The summed E-state index contributed by atoms with van der Waals surface area (Å²) in [6, 6.07) is 12.4. The molecule has 2 unspecified atom stereocenters. The zero-order valence-corrected chi connectivity index (χ0v) is 22.1. The monoisotopic (exact) mass is 526 g/mol. The highest BCUT2D eigenvalue weighted by atomic mass is 16.5. The van der Waals surface area contributed by atoms with Crippen LogP contribution in [0.3, 0.4) is 0 Å². The molecule has 0 saturated carbocycles. The number of nitrogens with one attached hydrogen (secondary N) is 1. The molecule has 6 heterocycles. The van der Waals surface area contributed by atoms with Crippen LogP contribution in [0.25, 0.3) is 10.8 Å². The molecule has 4 saturated heterocycles. The smallest absolute Gasteiger partial charge is 0.318 e. The number of amides is 1. The number of ether oxygens (including phenoxy) is 1. The number of carbonyl (C=O) groups excluding carboxylic acids is 1. The van der Waals surface area contributed by atoms with Gasteiger partial charge in [-0.25, -0.2) is 0 Å².